The van der Waals surface area contributed by atoms with E-state index in [9.17, 15) is 13.2 Å². The summed E-state index contributed by atoms with van der Waals surface area (Å²) in [4.78, 5) is 8.06. The van der Waals surface area contributed by atoms with E-state index < -0.39 is 18.6 Å². The molecule has 1 unspecified atom stereocenters. The molecule has 0 radical (unpaired) electrons. The number of rotatable bonds is 2. The summed E-state index contributed by atoms with van der Waals surface area (Å²) in [6.45, 7) is 1.44. The van der Waals surface area contributed by atoms with E-state index in [1.165, 1.54) is 17.7 Å². The van der Waals surface area contributed by atoms with Crippen molar-refractivity contribution >= 4 is 33.0 Å². The Balaban J connectivity index is 2.47. The van der Waals surface area contributed by atoms with Gasteiger partial charge in [0, 0.05) is 16.7 Å². The Hall–Kier alpha value is -1.31. The second-order valence-corrected chi connectivity index (χ2v) is 4.92. The first-order chi connectivity index (χ1) is 8.28. The van der Waals surface area contributed by atoms with Crippen molar-refractivity contribution in [1.29, 1.82) is 0 Å². The number of aromatic nitrogens is 3. The highest BCUT2D eigenvalue weighted by molar-refractivity contribution is 9.10. The number of fused-ring (bicyclic) bond motifs is 1. The molecular weight excluding hydrogens is 313 g/mol. The van der Waals surface area contributed by atoms with Gasteiger partial charge in [-0.2, -0.15) is 13.2 Å². The average Bonchev–Trinajstić information content (AvgIpc) is 2.50. The van der Waals surface area contributed by atoms with Crippen LogP contribution in [0.25, 0.3) is 11.2 Å². The van der Waals surface area contributed by atoms with Crippen LogP contribution in [0, 0.1) is 0 Å². The largest absolute Gasteiger partial charge is 0.391 e. The predicted octanol–water partition coefficient (Wildman–Crippen LogP) is 3.29. The Morgan fingerprint density at radius 1 is 1.50 bits per heavy atom. The van der Waals surface area contributed by atoms with Gasteiger partial charge in [0.25, 0.3) is 0 Å². The summed E-state index contributed by atoms with van der Waals surface area (Å²) in [6.07, 6.45) is -3.72. The van der Waals surface area contributed by atoms with Crippen molar-refractivity contribution in [1.82, 2.24) is 14.5 Å². The maximum atomic E-state index is 12.4. The first kappa shape index (κ1) is 13.1. The van der Waals surface area contributed by atoms with Gasteiger partial charge < -0.3 is 5.73 Å². The second kappa shape index (κ2) is 4.42. The zero-order valence-corrected chi connectivity index (χ0v) is 11.0. The predicted molar refractivity (Wildman–Crippen MR) is 65.0 cm³/mol. The van der Waals surface area contributed by atoms with Crippen LogP contribution in [0.15, 0.2) is 16.7 Å². The summed E-state index contributed by atoms with van der Waals surface area (Å²) in [5, 5.41) is 0. The zero-order chi connectivity index (χ0) is 13.5. The van der Waals surface area contributed by atoms with Crippen LogP contribution in [0.3, 0.4) is 0 Å². The molecule has 8 heteroatoms. The number of anilines is 1. The first-order valence-corrected chi connectivity index (χ1v) is 5.93. The van der Waals surface area contributed by atoms with Gasteiger partial charge in [0.2, 0.25) is 5.95 Å². The lowest BCUT2D eigenvalue weighted by Gasteiger charge is -2.17. The molecule has 0 aliphatic heterocycles. The molecule has 18 heavy (non-hydrogen) atoms. The third kappa shape index (κ3) is 2.58. The molecule has 2 heterocycles. The minimum Gasteiger partial charge on any atom is -0.369 e. The van der Waals surface area contributed by atoms with Gasteiger partial charge in [-0.15, -0.1) is 0 Å². The Morgan fingerprint density at radius 3 is 2.78 bits per heavy atom. The molecule has 0 fully saturated rings. The van der Waals surface area contributed by atoms with Crippen molar-refractivity contribution in [2.45, 2.75) is 25.6 Å². The first-order valence-electron chi connectivity index (χ1n) is 5.13. The molecule has 4 nitrogen and oxygen atoms in total. The lowest BCUT2D eigenvalue weighted by atomic mass is 10.2. The van der Waals surface area contributed by atoms with Crippen LogP contribution in [0.2, 0.25) is 0 Å². The van der Waals surface area contributed by atoms with E-state index >= 15 is 0 Å². The molecule has 0 saturated carbocycles. The SMILES string of the molecule is CC(CC(F)(F)F)n1c(N)nc2cc(Br)cnc21. The lowest BCUT2D eigenvalue weighted by Crippen LogP contribution is -2.18. The number of nitrogens with two attached hydrogens (primary N) is 1. The molecule has 0 bridgehead atoms. The molecule has 2 rings (SSSR count). The van der Waals surface area contributed by atoms with E-state index in [1.54, 1.807) is 6.07 Å². The Kier molecular flexibility index (Phi) is 3.22. The number of pyridine rings is 1. The van der Waals surface area contributed by atoms with E-state index in [2.05, 4.69) is 25.9 Å². The smallest absolute Gasteiger partial charge is 0.369 e. The molecule has 0 amide bonds. The van der Waals surface area contributed by atoms with Crippen molar-refractivity contribution in [3.8, 4) is 0 Å². The van der Waals surface area contributed by atoms with Crippen LogP contribution in [-0.4, -0.2) is 20.7 Å². The number of nitrogens with zero attached hydrogens (tertiary/aromatic N) is 3. The molecule has 1 atom stereocenters. The summed E-state index contributed by atoms with van der Waals surface area (Å²) in [6, 6.07) is 0.818. The highest BCUT2D eigenvalue weighted by Gasteiger charge is 2.32. The molecule has 2 aromatic rings. The number of halogens is 4. The Labute approximate surface area is 109 Å². The Bertz CT molecular complexity index is 578. The topological polar surface area (TPSA) is 56.7 Å². The fraction of sp³-hybridized carbons (Fsp3) is 0.400. The molecule has 98 valence electrons. The molecule has 2 N–H and O–H groups in total. The molecular formula is C10H10BrF3N4. The summed E-state index contributed by atoms with van der Waals surface area (Å²) in [7, 11) is 0. The fourth-order valence-corrected chi connectivity index (χ4v) is 2.16. The zero-order valence-electron chi connectivity index (χ0n) is 9.37. The van der Waals surface area contributed by atoms with E-state index in [4.69, 9.17) is 5.73 Å². The van der Waals surface area contributed by atoms with Crippen LogP contribution < -0.4 is 5.73 Å². The number of hydrogen-bond acceptors (Lipinski definition) is 3. The fourth-order valence-electron chi connectivity index (χ4n) is 1.84. The van der Waals surface area contributed by atoms with Gasteiger partial charge in [-0.05, 0) is 28.9 Å². The van der Waals surface area contributed by atoms with Crippen molar-refractivity contribution in [2.24, 2.45) is 0 Å². The van der Waals surface area contributed by atoms with Crippen molar-refractivity contribution < 1.29 is 13.2 Å². The van der Waals surface area contributed by atoms with Gasteiger partial charge in [0.15, 0.2) is 5.65 Å². The highest BCUT2D eigenvalue weighted by Crippen LogP contribution is 2.31. The quantitative estimate of drug-likeness (QED) is 0.923. The molecule has 0 saturated heterocycles. The van der Waals surface area contributed by atoms with Crippen LogP contribution in [0.5, 0.6) is 0 Å². The van der Waals surface area contributed by atoms with Crippen LogP contribution in [0.1, 0.15) is 19.4 Å². The summed E-state index contributed by atoms with van der Waals surface area (Å²) < 4.78 is 39.2. The summed E-state index contributed by atoms with van der Waals surface area (Å²) in [5.41, 5.74) is 6.47. The third-order valence-corrected chi connectivity index (χ3v) is 2.93. The number of hydrogen-bond donors (Lipinski definition) is 1. The number of alkyl halides is 3. The third-order valence-electron chi connectivity index (χ3n) is 2.49. The van der Waals surface area contributed by atoms with E-state index in [0.717, 1.165) is 0 Å². The van der Waals surface area contributed by atoms with Gasteiger partial charge in [0.05, 0.1) is 6.42 Å². The highest BCUT2D eigenvalue weighted by atomic mass is 79.9. The molecule has 2 aromatic heterocycles. The summed E-state index contributed by atoms with van der Waals surface area (Å²) >= 11 is 3.22. The van der Waals surface area contributed by atoms with Crippen LogP contribution in [0.4, 0.5) is 19.1 Å². The van der Waals surface area contributed by atoms with Gasteiger partial charge in [-0.25, -0.2) is 9.97 Å². The second-order valence-electron chi connectivity index (χ2n) is 4.00. The lowest BCUT2D eigenvalue weighted by molar-refractivity contribution is -0.141. The molecule has 0 aliphatic carbocycles. The standard InChI is InChI=1S/C10H10BrF3N4/c1-5(3-10(12,13)14)18-8-7(17-9(18)15)2-6(11)4-16-8/h2,4-5H,3H2,1H3,(H2,15,17). The minimum atomic E-state index is -4.25. The average molecular weight is 323 g/mol. The van der Waals surface area contributed by atoms with Crippen LogP contribution in [-0.2, 0) is 0 Å². The molecule has 0 spiro atoms. The Morgan fingerprint density at radius 2 is 2.17 bits per heavy atom. The van der Waals surface area contributed by atoms with Crippen LogP contribution >= 0.6 is 15.9 Å². The maximum absolute atomic E-state index is 12.4. The van der Waals surface area contributed by atoms with E-state index in [-0.39, 0.29) is 5.95 Å². The van der Waals surface area contributed by atoms with Crippen molar-refractivity contribution in [2.75, 3.05) is 5.73 Å². The maximum Gasteiger partial charge on any atom is 0.391 e. The molecule has 0 aromatic carbocycles. The number of nitrogen functional groups attached to an aromatic ring is 1. The van der Waals surface area contributed by atoms with E-state index in [0.29, 0.717) is 15.6 Å². The number of imidazole rings is 1. The monoisotopic (exact) mass is 322 g/mol. The molecule has 0 aliphatic rings. The normalized spacial score (nSPS) is 14.1. The van der Waals surface area contributed by atoms with Crippen molar-refractivity contribution in [3.63, 3.8) is 0 Å². The minimum absolute atomic E-state index is 0.0346. The van der Waals surface area contributed by atoms with Gasteiger partial charge in [-0.3, -0.25) is 4.57 Å². The van der Waals surface area contributed by atoms with E-state index in [1.807, 2.05) is 0 Å². The van der Waals surface area contributed by atoms with Crippen molar-refractivity contribution in [3.05, 3.63) is 16.7 Å². The van der Waals surface area contributed by atoms with Gasteiger partial charge in [0.1, 0.15) is 5.52 Å². The van der Waals surface area contributed by atoms with Gasteiger partial charge >= 0.3 is 6.18 Å². The van der Waals surface area contributed by atoms with Gasteiger partial charge in [-0.1, -0.05) is 0 Å². The summed E-state index contributed by atoms with van der Waals surface area (Å²) in [5.74, 6) is 0.0346.